The predicted octanol–water partition coefficient (Wildman–Crippen LogP) is 1.73. The standard InChI is InChI=1S/C17H23N5OS/c1-12-9-18-5-7-22(12)17(23)13-3-2-6-21(10-13)15-14-4-8-24-16(14)20-11-19-15/h4,8,11-13,18H,2-3,5-7,9-10H2,1H3. The van der Waals surface area contributed by atoms with Gasteiger partial charge in [-0.05, 0) is 31.2 Å². The summed E-state index contributed by atoms with van der Waals surface area (Å²) in [6.45, 7) is 6.46. The van der Waals surface area contributed by atoms with Crippen LogP contribution in [0.3, 0.4) is 0 Å². The summed E-state index contributed by atoms with van der Waals surface area (Å²) >= 11 is 1.64. The van der Waals surface area contributed by atoms with Crippen molar-refractivity contribution in [1.82, 2.24) is 20.2 Å². The van der Waals surface area contributed by atoms with Gasteiger partial charge in [0.2, 0.25) is 5.91 Å². The summed E-state index contributed by atoms with van der Waals surface area (Å²) < 4.78 is 0. The Bertz CT molecular complexity index is 733. The van der Waals surface area contributed by atoms with Crippen molar-refractivity contribution in [2.75, 3.05) is 37.6 Å². The number of carbonyl (C=O) groups is 1. The number of hydrogen-bond acceptors (Lipinski definition) is 6. The minimum Gasteiger partial charge on any atom is -0.355 e. The molecular formula is C17H23N5OS. The lowest BCUT2D eigenvalue weighted by molar-refractivity contribution is -0.138. The van der Waals surface area contributed by atoms with Crippen molar-refractivity contribution in [1.29, 1.82) is 0 Å². The molecule has 2 saturated heterocycles. The minimum atomic E-state index is 0.0722. The quantitative estimate of drug-likeness (QED) is 0.898. The van der Waals surface area contributed by atoms with Gasteiger partial charge in [-0.2, -0.15) is 0 Å². The summed E-state index contributed by atoms with van der Waals surface area (Å²) in [6, 6.07) is 2.36. The second kappa shape index (κ2) is 6.64. The molecule has 0 spiro atoms. The lowest BCUT2D eigenvalue weighted by Gasteiger charge is -2.39. The molecule has 0 bridgehead atoms. The summed E-state index contributed by atoms with van der Waals surface area (Å²) in [7, 11) is 0. The Morgan fingerprint density at radius 1 is 1.38 bits per heavy atom. The van der Waals surface area contributed by atoms with E-state index in [4.69, 9.17) is 0 Å². The van der Waals surface area contributed by atoms with Crippen LogP contribution in [-0.4, -0.2) is 59.5 Å². The zero-order valence-corrected chi connectivity index (χ0v) is 14.8. The van der Waals surface area contributed by atoms with Crippen LogP contribution in [0.2, 0.25) is 0 Å². The monoisotopic (exact) mass is 345 g/mol. The number of thiophene rings is 1. The number of anilines is 1. The molecule has 128 valence electrons. The van der Waals surface area contributed by atoms with Crippen molar-refractivity contribution in [3.8, 4) is 0 Å². The lowest BCUT2D eigenvalue weighted by Crippen LogP contribution is -2.55. The summed E-state index contributed by atoms with van der Waals surface area (Å²) in [5, 5.41) is 6.51. The van der Waals surface area contributed by atoms with Crippen LogP contribution >= 0.6 is 11.3 Å². The van der Waals surface area contributed by atoms with E-state index in [0.717, 1.165) is 61.6 Å². The molecule has 0 aromatic carbocycles. The van der Waals surface area contributed by atoms with Crippen LogP contribution in [0.4, 0.5) is 5.82 Å². The molecule has 1 N–H and O–H groups in total. The minimum absolute atomic E-state index is 0.0722. The van der Waals surface area contributed by atoms with Crippen LogP contribution in [0.5, 0.6) is 0 Å². The van der Waals surface area contributed by atoms with Gasteiger partial charge in [0.05, 0.1) is 11.3 Å². The van der Waals surface area contributed by atoms with Gasteiger partial charge in [0.25, 0.3) is 0 Å². The first-order chi connectivity index (χ1) is 11.7. The maximum atomic E-state index is 13.0. The number of amides is 1. The third-order valence-electron chi connectivity index (χ3n) is 5.10. The number of nitrogens with one attached hydrogen (secondary N) is 1. The molecule has 0 saturated carbocycles. The van der Waals surface area contributed by atoms with E-state index in [1.807, 2.05) is 0 Å². The van der Waals surface area contributed by atoms with Crippen LogP contribution in [0.1, 0.15) is 19.8 Å². The highest BCUT2D eigenvalue weighted by atomic mass is 32.1. The first-order valence-electron chi connectivity index (χ1n) is 8.68. The Morgan fingerprint density at radius 3 is 3.17 bits per heavy atom. The van der Waals surface area contributed by atoms with Gasteiger partial charge >= 0.3 is 0 Å². The smallest absolute Gasteiger partial charge is 0.227 e. The van der Waals surface area contributed by atoms with Crippen LogP contribution < -0.4 is 10.2 Å². The highest BCUT2D eigenvalue weighted by molar-refractivity contribution is 7.16. The third kappa shape index (κ3) is 2.86. The molecule has 6 nitrogen and oxygen atoms in total. The lowest BCUT2D eigenvalue weighted by atomic mass is 9.95. The molecule has 4 heterocycles. The fraction of sp³-hybridized carbons (Fsp3) is 0.588. The van der Waals surface area contributed by atoms with Crippen molar-refractivity contribution < 1.29 is 4.79 Å². The second-order valence-electron chi connectivity index (χ2n) is 6.71. The van der Waals surface area contributed by atoms with Gasteiger partial charge < -0.3 is 15.1 Å². The highest BCUT2D eigenvalue weighted by Gasteiger charge is 2.33. The fourth-order valence-corrected chi connectivity index (χ4v) is 4.53. The first kappa shape index (κ1) is 15.8. The molecule has 4 rings (SSSR count). The van der Waals surface area contributed by atoms with Gasteiger partial charge in [0.1, 0.15) is 17.0 Å². The van der Waals surface area contributed by atoms with E-state index in [-0.39, 0.29) is 12.0 Å². The fourth-order valence-electron chi connectivity index (χ4n) is 3.80. The molecule has 2 fully saturated rings. The summed E-state index contributed by atoms with van der Waals surface area (Å²) in [4.78, 5) is 27.2. The normalized spacial score (nSPS) is 25.2. The van der Waals surface area contributed by atoms with E-state index in [0.29, 0.717) is 5.91 Å². The average Bonchev–Trinajstić information content (AvgIpc) is 3.10. The summed E-state index contributed by atoms with van der Waals surface area (Å²) in [5.74, 6) is 1.36. The van der Waals surface area contributed by atoms with Crippen molar-refractivity contribution in [2.45, 2.75) is 25.8 Å². The molecule has 7 heteroatoms. The topological polar surface area (TPSA) is 61.4 Å². The number of carbonyl (C=O) groups excluding carboxylic acids is 1. The van der Waals surface area contributed by atoms with E-state index >= 15 is 0 Å². The Kier molecular flexibility index (Phi) is 4.37. The molecule has 1 amide bonds. The molecule has 2 aromatic heterocycles. The number of aromatic nitrogens is 2. The molecule has 0 aliphatic carbocycles. The van der Waals surface area contributed by atoms with E-state index in [1.54, 1.807) is 17.7 Å². The van der Waals surface area contributed by atoms with Gasteiger partial charge in [-0.15, -0.1) is 11.3 Å². The Balaban J connectivity index is 1.53. The van der Waals surface area contributed by atoms with E-state index in [9.17, 15) is 4.79 Å². The van der Waals surface area contributed by atoms with E-state index < -0.39 is 0 Å². The van der Waals surface area contributed by atoms with E-state index in [2.05, 4.69) is 43.5 Å². The Morgan fingerprint density at radius 2 is 2.29 bits per heavy atom. The van der Waals surface area contributed by atoms with E-state index in [1.165, 1.54) is 0 Å². The summed E-state index contributed by atoms with van der Waals surface area (Å²) in [6.07, 6.45) is 3.65. The molecule has 24 heavy (non-hydrogen) atoms. The Labute approximate surface area is 145 Å². The van der Waals surface area contributed by atoms with Crippen molar-refractivity contribution in [3.05, 3.63) is 17.8 Å². The number of piperidine rings is 1. The van der Waals surface area contributed by atoms with Crippen molar-refractivity contribution in [2.24, 2.45) is 5.92 Å². The molecule has 2 aromatic rings. The molecule has 2 atom stereocenters. The predicted molar refractivity (Wildman–Crippen MR) is 96.4 cm³/mol. The maximum Gasteiger partial charge on any atom is 0.227 e. The zero-order valence-electron chi connectivity index (χ0n) is 13.9. The number of hydrogen-bond donors (Lipinski definition) is 1. The maximum absolute atomic E-state index is 13.0. The molecular weight excluding hydrogens is 322 g/mol. The van der Waals surface area contributed by atoms with Crippen molar-refractivity contribution >= 4 is 33.3 Å². The van der Waals surface area contributed by atoms with Gasteiger partial charge in [0, 0.05) is 38.8 Å². The van der Waals surface area contributed by atoms with Crippen LogP contribution in [0.25, 0.3) is 10.2 Å². The number of nitrogens with zero attached hydrogens (tertiary/aromatic N) is 4. The molecule has 2 aliphatic heterocycles. The zero-order chi connectivity index (χ0) is 16.5. The Hall–Kier alpha value is -1.73. The molecule has 2 aliphatic rings. The number of rotatable bonds is 2. The van der Waals surface area contributed by atoms with Gasteiger partial charge in [-0.3, -0.25) is 4.79 Å². The van der Waals surface area contributed by atoms with Crippen LogP contribution in [0, 0.1) is 5.92 Å². The highest BCUT2D eigenvalue weighted by Crippen LogP contribution is 2.30. The average molecular weight is 345 g/mol. The summed E-state index contributed by atoms with van der Waals surface area (Å²) in [5.41, 5.74) is 0. The van der Waals surface area contributed by atoms with Crippen LogP contribution in [0.15, 0.2) is 17.8 Å². The van der Waals surface area contributed by atoms with Gasteiger partial charge in [-0.25, -0.2) is 9.97 Å². The van der Waals surface area contributed by atoms with Gasteiger partial charge in [0.15, 0.2) is 0 Å². The number of piperazine rings is 1. The number of fused-ring (bicyclic) bond motifs is 1. The molecule has 2 unspecified atom stereocenters. The SMILES string of the molecule is CC1CNCCN1C(=O)C1CCCN(c2ncnc3sccc23)C1. The van der Waals surface area contributed by atoms with Crippen molar-refractivity contribution in [3.63, 3.8) is 0 Å². The largest absolute Gasteiger partial charge is 0.355 e. The first-order valence-corrected chi connectivity index (χ1v) is 9.56. The van der Waals surface area contributed by atoms with Crippen LogP contribution in [-0.2, 0) is 4.79 Å². The second-order valence-corrected chi connectivity index (χ2v) is 7.60. The third-order valence-corrected chi connectivity index (χ3v) is 5.92. The molecule has 0 radical (unpaired) electrons. The van der Waals surface area contributed by atoms with Gasteiger partial charge in [-0.1, -0.05) is 0 Å².